The molecule has 4 aromatic rings. The normalized spacial score (nSPS) is 15.8. The summed E-state index contributed by atoms with van der Waals surface area (Å²) in [5.74, 6) is 0.200. The minimum atomic E-state index is -0.596. The Morgan fingerprint density at radius 1 is 0.938 bits per heavy atom. The number of benzene rings is 4. The highest BCUT2D eigenvalue weighted by Crippen LogP contribution is 2.38. The second kappa shape index (κ2) is 11.9. The predicted molar refractivity (Wildman–Crippen MR) is 194 cm³/mol. The Bertz CT molecular complexity index is 2500. The number of hydrogen-bond donors (Lipinski definition) is 2. The first-order valence-corrected chi connectivity index (χ1v) is 16.4. The van der Waals surface area contributed by atoms with Crippen molar-refractivity contribution in [3.8, 4) is 5.75 Å². The third-order valence-corrected chi connectivity index (χ3v) is 9.85. The lowest BCUT2D eigenvalue weighted by Gasteiger charge is -2.30. The Hall–Kier alpha value is -5.49. The molecule has 0 bridgehead atoms. The molecular weight excluding hydrogens is 596 g/mol. The van der Waals surface area contributed by atoms with Crippen LogP contribution in [0.25, 0.3) is 27.4 Å². The monoisotopic (exact) mass is 634 g/mol. The highest BCUT2D eigenvalue weighted by Gasteiger charge is 2.27. The van der Waals surface area contributed by atoms with Crippen LogP contribution in [0.2, 0.25) is 0 Å². The van der Waals surface area contributed by atoms with Crippen LogP contribution in [0.15, 0.2) is 118 Å². The van der Waals surface area contributed by atoms with Crippen molar-refractivity contribution in [3.05, 3.63) is 156 Å². The Balaban J connectivity index is 1.59. The number of nitrogens with zero attached hydrogens (tertiary/aromatic N) is 1. The average Bonchev–Trinajstić information content (AvgIpc) is 3.09. The summed E-state index contributed by atoms with van der Waals surface area (Å²) in [6.45, 7) is 10.8. The standard InChI is InChI=1S/C42H38N2O4/c1-6-42(4,5)27-18-21-32(25(3)22-27)48-33-23-31(43-28-19-16-24(2)17-20-28)35-36-34(29-14-10-11-15-30(29)40(35)46)37(41(47)44-38(33)36)39(45)26-12-8-7-9-13-26/h7-20,22-23,32,43,45H,6,21H2,1-5H3/b39-37-. The summed E-state index contributed by atoms with van der Waals surface area (Å²) in [4.78, 5) is 33.1. The minimum absolute atomic E-state index is 0.0397. The number of ether oxygens (including phenoxy) is 1. The molecule has 1 atom stereocenters. The van der Waals surface area contributed by atoms with Crippen LogP contribution in [-0.2, 0) is 0 Å². The number of nitrogens with one attached hydrogen (secondary N) is 1. The Morgan fingerprint density at radius 2 is 1.62 bits per heavy atom. The van der Waals surface area contributed by atoms with Crippen LogP contribution in [0.5, 0.6) is 5.75 Å². The van der Waals surface area contributed by atoms with Gasteiger partial charge in [0.15, 0.2) is 5.43 Å². The number of fused-ring (bicyclic) bond motifs is 2. The van der Waals surface area contributed by atoms with Crippen molar-refractivity contribution in [1.82, 2.24) is 4.98 Å². The first kappa shape index (κ1) is 31.1. The maximum atomic E-state index is 14.4. The van der Waals surface area contributed by atoms with Crippen molar-refractivity contribution >= 4 is 38.8 Å². The molecule has 0 amide bonds. The van der Waals surface area contributed by atoms with Crippen LogP contribution in [0.3, 0.4) is 0 Å². The van der Waals surface area contributed by atoms with E-state index < -0.39 is 5.56 Å². The van der Waals surface area contributed by atoms with Gasteiger partial charge in [-0.3, -0.25) is 9.59 Å². The molecule has 0 fully saturated rings. The summed E-state index contributed by atoms with van der Waals surface area (Å²) in [5.41, 5.74) is 4.81. The molecule has 3 aliphatic rings. The quantitative estimate of drug-likeness (QED) is 0.184. The van der Waals surface area contributed by atoms with E-state index in [0.717, 1.165) is 23.2 Å². The van der Waals surface area contributed by atoms with Crippen LogP contribution >= 0.6 is 0 Å². The number of aliphatic hydroxyl groups excluding tert-OH is 1. The van der Waals surface area contributed by atoms with Gasteiger partial charge < -0.3 is 15.2 Å². The lowest BCUT2D eigenvalue weighted by Crippen LogP contribution is -2.33. The predicted octanol–water partition coefficient (Wildman–Crippen LogP) is 8.22. The van der Waals surface area contributed by atoms with Gasteiger partial charge in [-0.15, -0.1) is 0 Å². The number of rotatable bonds is 7. The van der Waals surface area contributed by atoms with E-state index in [9.17, 15) is 14.7 Å². The molecular formula is C42H38N2O4. The van der Waals surface area contributed by atoms with Crippen molar-refractivity contribution in [1.29, 1.82) is 0 Å². The van der Waals surface area contributed by atoms with Crippen LogP contribution < -0.4 is 26.3 Å². The Labute approximate surface area is 278 Å². The Morgan fingerprint density at radius 3 is 2.31 bits per heavy atom. The summed E-state index contributed by atoms with van der Waals surface area (Å²) in [5, 5.41) is 17.6. The van der Waals surface area contributed by atoms with Gasteiger partial charge in [0.1, 0.15) is 23.1 Å². The van der Waals surface area contributed by atoms with Gasteiger partial charge >= 0.3 is 0 Å². The molecule has 240 valence electrons. The third kappa shape index (κ3) is 5.27. The van der Waals surface area contributed by atoms with E-state index in [4.69, 9.17) is 4.74 Å². The van der Waals surface area contributed by atoms with Gasteiger partial charge in [0, 0.05) is 39.6 Å². The summed E-state index contributed by atoms with van der Waals surface area (Å²) in [6.07, 6.45) is 5.81. The molecule has 1 aliphatic heterocycles. The zero-order valence-corrected chi connectivity index (χ0v) is 27.8. The summed E-state index contributed by atoms with van der Waals surface area (Å²) in [6, 6.07) is 25.9. The first-order chi connectivity index (χ1) is 23.1. The van der Waals surface area contributed by atoms with E-state index >= 15 is 0 Å². The molecule has 6 nitrogen and oxygen atoms in total. The van der Waals surface area contributed by atoms with Gasteiger partial charge in [-0.05, 0) is 54.3 Å². The fraction of sp³-hybridized carbons (Fsp3) is 0.214. The second-order valence-electron chi connectivity index (χ2n) is 13.4. The zero-order valence-electron chi connectivity index (χ0n) is 27.8. The molecule has 1 unspecified atom stereocenters. The van der Waals surface area contributed by atoms with Crippen LogP contribution in [0.1, 0.15) is 51.7 Å². The fourth-order valence-electron chi connectivity index (χ4n) is 6.66. The van der Waals surface area contributed by atoms with Gasteiger partial charge in [0.25, 0.3) is 5.56 Å². The van der Waals surface area contributed by atoms with Gasteiger partial charge in [-0.2, -0.15) is 0 Å². The largest absolute Gasteiger partial charge is 0.506 e. The maximum absolute atomic E-state index is 14.4. The molecule has 0 saturated heterocycles. The maximum Gasteiger partial charge on any atom is 0.282 e. The fourth-order valence-corrected chi connectivity index (χ4v) is 6.66. The number of hydrogen-bond acceptors (Lipinski definition) is 6. The van der Waals surface area contributed by atoms with Gasteiger partial charge in [0.05, 0.1) is 16.3 Å². The zero-order chi connectivity index (χ0) is 33.7. The summed E-state index contributed by atoms with van der Waals surface area (Å²) < 4.78 is 6.78. The van der Waals surface area contributed by atoms with Crippen molar-refractivity contribution in [2.75, 3.05) is 5.32 Å². The van der Waals surface area contributed by atoms with Crippen molar-refractivity contribution in [3.63, 3.8) is 0 Å². The SMILES string of the molecule is CCC(C)(C)C1=CCC(Oc2cc(Nc3ccc(C)cc3)c3c4c2nc(=O)/c(=C(\O)c2ccccc2)c=4c2ccccc2c3=O)C(C)=C1. The molecule has 0 saturated carbocycles. The van der Waals surface area contributed by atoms with Crippen LogP contribution in [0.4, 0.5) is 11.4 Å². The molecule has 1 heterocycles. The topological polar surface area (TPSA) is 88.5 Å². The second-order valence-corrected chi connectivity index (χ2v) is 13.4. The van der Waals surface area contributed by atoms with E-state index in [1.807, 2.05) is 55.5 Å². The average molecular weight is 635 g/mol. The molecule has 2 aliphatic carbocycles. The molecule has 6 heteroatoms. The van der Waals surface area contributed by atoms with Crippen molar-refractivity contribution in [2.45, 2.75) is 53.6 Å². The van der Waals surface area contributed by atoms with E-state index in [2.05, 4.69) is 50.1 Å². The highest BCUT2D eigenvalue weighted by atomic mass is 16.5. The van der Waals surface area contributed by atoms with E-state index in [0.29, 0.717) is 55.5 Å². The van der Waals surface area contributed by atoms with E-state index in [1.54, 1.807) is 36.4 Å². The number of anilines is 2. The van der Waals surface area contributed by atoms with Crippen LogP contribution in [0, 0.1) is 22.8 Å². The molecule has 0 aromatic heterocycles. The lowest BCUT2D eigenvalue weighted by molar-refractivity contribution is 0.239. The molecule has 4 aromatic carbocycles. The highest BCUT2D eigenvalue weighted by molar-refractivity contribution is 5.97. The lowest BCUT2D eigenvalue weighted by atomic mass is 9.78. The minimum Gasteiger partial charge on any atom is -0.506 e. The number of aryl methyl sites for hydroxylation is 1. The van der Waals surface area contributed by atoms with Gasteiger partial charge in [0.2, 0.25) is 0 Å². The van der Waals surface area contributed by atoms with Crippen LogP contribution in [-0.4, -0.2) is 16.2 Å². The van der Waals surface area contributed by atoms with E-state index in [1.165, 1.54) is 5.57 Å². The smallest absolute Gasteiger partial charge is 0.282 e. The molecule has 48 heavy (non-hydrogen) atoms. The summed E-state index contributed by atoms with van der Waals surface area (Å²) in [7, 11) is 0. The third-order valence-electron chi connectivity index (χ3n) is 9.85. The summed E-state index contributed by atoms with van der Waals surface area (Å²) >= 11 is 0. The number of allylic oxidation sites excluding steroid dienone is 2. The number of aliphatic hydroxyl groups is 1. The first-order valence-electron chi connectivity index (χ1n) is 16.4. The molecule has 7 rings (SSSR count). The molecule has 0 radical (unpaired) electrons. The van der Waals surface area contributed by atoms with Gasteiger partial charge in [-0.25, -0.2) is 4.98 Å². The van der Waals surface area contributed by atoms with Crippen molar-refractivity contribution in [2.24, 2.45) is 5.41 Å². The van der Waals surface area contributed by atoms with E-state index in [-0.39, 0.29) is 27.9 Å². The Kier molecular flexibility index (Phi) is 7.75. The van der Waals surface area contributed by atoms with Crippen molar-refractivity contribution < 1.29 is 9.84 Å². The molecule has 2 N–H and O–H groups in total. The molecule has 0 spiro atoms. The number of aromatic nitrogens is 1. The van der Waals surface area contributed by atoms with Gasteiger partial charge in [-0.1, -0.05) is 105 Å².